The largest absolute Gasteiger partial charge is 0.348 e. The van der Waals surface area contributed by atoms with Crippen molar-refractivity contribution >= 4 is 16.9 Å². The number of hydrogen-bond donors (Lipinski definition) is 1. The van der Waals surface area contributed by atoms with Crippen LogP contribution in [0.15, 0.2) is 60.9 Å². The van der Waals surface area contributed by atoms with Gasteiger partial charge in [-0.05, 0) is 55.8 Å². The summed E-state index contributed by atoms with van der Waals surface area (Å²) < 4.78 is 1.79. The van der Waals surface area contributed by atoms with Gasteiger partial charge in [-0.25, -0.2) is 14.6 Å². The molecule has 27 heavy (non-hydrogen) atoms. The monoisotopic (exact) mass is 357 g/mol. The SMILES string of the molecule is Cc1nc2ccc(C(=O)NCc3cccc(-n4cccn4)c3)cc2nc1C. The summed E-state index contributed by atoms with van der Waals surface area (Å²) in [4.78, 5) is 21.6. The van der Waals surface area contributed by atoms with Gasteiger partial charge < -0.3 is 5.32 Å². The molecule has 0 aliphatic rings. The van der Waals surface area contributed by atoms with Crippen molar-refractivity contribution in [3.8, 4) is 5.69 Å². The first-order valence-electron chi connectivity index (χ1n) is 8.72. The number of benzene rings is 2. The Labute approximate surface area is 156 Å². The van der Waals surface area contributed by atoms with Crippen molar-refractivity contribution in [3.63, 3.8) is 0 Å². The first kappa shape index (κ1) is 16.9. The number of fused-ring (bicyclic) bond motifs is 1. The lowest BCUT2D eigenvalue weighted by molar-refractivity contribution is 0.0951. The van der Waals surface area contributed by atoms with E-state index >= 15 is 0 Å². The molecule has 6 heteroatoms. The molecule has 0 aliphatic heterocycles. The molecule has 0 atom stereocenters. The highest BCUT2D eigenvalue weighted by Gasteiger charge is 2.09. The number of nitrogens with one attached hydrogen (secondary N) is 1. The van der Waals surface area contributed by atoms with Crippen molar-refractivity contribution in [3.05, 3.63) is 83.4 Å². The van der Waals surface area contributed by atoms with Crippen LogP contribution in [0.5, 0.6) is 0 Å². The zero-order chi connectivity index (χ0) is 18.8. The van der Waals surface area contributed by atoms with Gasteiger partial charge in [-0.3, -0.25) is 4.79 Å². The Morgan fingerprint density at radius 3 is 2.59 bits per heavy atom. The molecule has 2 heterocycles. The molecule has 0 aliphatic carbocycles. The van der Waals surface area contributed by atoms with Gasteiger partial charge in [0, 0.05) is 24.5 Å². The molecule has 0 unspecified atom stereocenters. The molecule has 1 amide bonds. The molecule has 2 aromatic heterocycles. The standard InChI is InChI=1S/C21H19N5O/c1-14-15(2)25-20-12-17(7-8-19(20)24-14)21(27)22-13-16-5-3-6-18(11-16)26-10-4-9-23-26/h3-12H,13H2,1-2H3,(H,22,27). The van der Waals surface area contributed by atoms with E-state index in [9.17, 15) is 4.79 Å². The molecular weight excluding hydrogens is 338 g/mol. The van der Waals surface area contributed by atoms with Gasteiger partial charge in [0.15, 0.2) is 0 Å². The van der Waals surface area contributed by atoms with Crippen LogP contribution in [0.1, 0.15) is 27.3 Å². The van der Waals surface area contributed by atoms with Crippen molar-refractivity contribution < 1.29 is 4.79 Å². The van der Waals surface area contributed by atoms with Crippen molar-refractivity contribution in [2.75, 3.05) is 0 Å². The number of carbonyl (C=O) groups is 1. The lowest BCUT2D eigenvalue weighted by Gasteiger charge is -2.09. The van der Waals surface area contributed by atoms with Crippen LogP contribution in [0.25, 0.3) is 16.7 Å². The van der Waals surface area contributed by atoms with E-state index in [1.807, 2.05) is 56.4 Å². The average Bonchev–Trinajstić information content (AvgIpc) is 3.22. The number of aromatic nitrogens is 4. The van der Waals surface area contributed by atoms with Crippen LogP contribution >= 0.6 is 0 Å². The van der Waals surface area contributed by atoms with Crippen LogP contribution in [-0.4, -0.2) is 25.7 Å². The highest BCUT2D eigenvalue weighted by molar-refractivity contribution is 5.97. The summed E-state index contributed by atoms with van der Waals surface area (Å²) in [6.07, 6.45) is 3.62. The van der Waals surface area contributed by atoms with Gasteiger partial charge in [0.2, 0.25) is 0 Å². The predicted octanol–water partition coefficient (Wildman–Crippen LogP) is 3.36. The molecule has 2 aromatic carbocycles. The predicted molar refractivity (Wildman–Crippen MR) is 104 cm³/mol. The third-order valence-corrected chi connectivity index (χ3v) is 4.47. The minimum atomic E-state index is -0.138. The Bertz CT molecular complexity index is 1120. The van der Waals surface area contributed by atoms with E-state index in [-0.39, 0.29) is 5.91 Å². The quantitative estimate of drug-likeness (QED) is 0.608. The lowest BCUT2D eigenvalue weighted by Crippen LogP contribution is -2.22. The summed E-state index contributed by atoms with van der Waals surface area (Å²) in [5, 5.41) is 7.19. The molecule has 0 fully saturated rings. The van der Waals surface area contributed by atoms with Crippen LogP contribution < -0.4 is 5.32 Å². The van der Waals surface area contributed by atoms with Gasteiger partial charge in [-0.1, -0.05) is 12.1 Å². The van der Waals surface area contributed by atoms with Crippen LogP contribution in [0.3, 0.4) is 0 Å². The fourth-order valence-electron chi connectivity index (χ4n) is 2.89. The first-order valence-corrected chi connectivity index (χ1v) is 8.72. The molecule has 4 rings (SSSR count). The molecule has 0 spiro atoms. The minimum absolute atomic E-state index is 0.138. The second kappa shape index (κ2) is 6.99. The third-order valence-electron chi connectivity index (χ3n) is 4.47. The summed E-state index contributed by atoms with van der Waals surface area (Å²) >= 11 is 0. The van der Waals surface area contributed by atoms with E-state index < -0.39 is 0 Å². The second-order valence-corrected chi connectivity index (χ2v) is 6.40. The van der Waals surface area contributed by atoms with E-state index in [2.05, 4.69) is 20.4 Å². The smallest absolute Gasteiger partial charge is 0.251 e. The van der Waals surface area contributed by atoms with Crippen LogP contribution in [0, 0.1) is 13.8 Å². The normalized spacial score (nSPS) is 10.9. The molecule has 0 saturated heterocycles. The zero-order valence-electron chi connectivity index (χ0n) is 15.2. The van der Waals surface area contributed by atoms with Crippen molar-refractivity contribution in [2.45, 2.75) is 20.4 Å². The Morgan fingerprint density at radius 2 is 1.81 bits per heavy atom. The number of amides is 1. The number of hydrogen-bond acceptors (Lipinski definition) is 4. The van der Waals surface area contributed by atoms with Gasteiger partial charge in [-0.2, -0.15) is 5.10 Å². The zero-order valence-corrected chi connectivity index (χ0v) is 15.2. The van der Waals surface area contributed by atoms with Gasteiger partial charge in [0.05, 0.1) is 28.1 Å². The third kappa shape index (κ3) is 3.55. The highest BCUT2D eigenvalue weighted by atomic mass is 16.1. The Balaban J connectivity index is 1.50. The average molecular weight is 357 g/mol. The summed E-state index contributed by atoms with van der Waals surface area (Å²) in [5.74, 6) is -0.138. The highest BCUT2D eigenvalue weighted by Crippen LogP contribution is 2.15. The first-order chi connectivity index (χ1) is 13.1. The van der Waals surface area contributed by atoms with E-state index in [1.165, 1.54) is 0 Å². The van der Waals surface area contributed by atoms with Gasteiger partial charge in [-0.15, -0.1) is 0 Å². The van der Waals surface area contributed by atoms with Crippen molar-refractivity contribution in [1.29, 1.82) is 0 Å². The summed E-state index contributed by atoms with van der Waals surface area (Å²) in [5.41, 5.74) is 5.82. The topological polar surface area (TPSA) is 72.7 Å². The Kier molecular flexibility index (Phi) is 4.38. The number of rotatable bonds is 4. The molecule has 6 nitrogen and oxygen atoms in total. The van der Waals surface area contributed by atoms with E-state index in [1.54, 1.807) is 23.0 Å². The Hall–Kier alpha value is -3.54. The van der Waals surface area contributed by atoms with Gasteiger partial charge in [0.1, 0.15) is 0 Å². The van der Waals surface area contributed by atoms with E-state index in [0.717, 1.165) is 33.7 Å². The summed E-state index contributed by atoms with van der Waals surface area (Å²) in [6, 6.07) is 15.2. The van der Waals surface area contributed by atoms with Crippen LogP contribution in [-0.2, 0) is 6.54 Å². The lowest BCUT2D eigenvalue weighted by atomic mass is 10.1. The number of carbonyl (C=O) groups excluding carboxylic acids is 1. The summed E-state index contributed by atoms with van der Waals surface area (Å²) in [6.45, 7) is 4.28. The van der Waals surface area contributed by atoms with Crippen molar-refractivity contribution in [2.24, 2.45) is 0 Å². The van der Waals surface area contributed by atoms with Crippen LogP contribution in [0.2, 0.25) is 0 Å². The number of nitrogens with zero attached hydrogens (tertiary/aromatic N) is 4. The maximum absolute atomic E-state index is 12.6. The molecule has 0 bridgehead atoms. The second-order valence-electron chi connectivity index (χ2n) is 6.40. The summed E-state index contributed by atoms with van der Waals surface area (Å²) in [7, 11) is 0. The molecule has 1 N–H and O–H groups in total. The Morgan fingerprint density at radius 1 is 1.00 bits per heavy atom. The molecule has 0 saturated carbocycles. The molecular formula is C21H19N5O. The van der Waals surface area contributed by atoms with E-state index in [0.29, 0.717) is 12.1 Å². The molecule has 134 valence electrons. The number of aryl methyl sites for hydroxylation is 2. The van der Waals surface area contributed by atoms with Gasteiger partial charge >= 0.3 is 0 Å². The fourth-order valence-corrected chi connectivity index (χ4v) is 2.89. The van der Waals surface area contributed by atoms with Crippen LogP contribution in [0.4, 0.5) is 0 Å². The maximum atomic E-state index is 12.6. The minimum Gasteiger partial charge on any atom is -0.348 e. The van der Waals surface area contributed by atoms with Crippen molar-refractivity contribution in [1.82, 2.24) is 25.1 Å². The fraction of sp³-hybridized carbons (Fsp3) is 0.143. The maximum Gasteiger partial charge on any atom is 0.251 e. The molecule has 4 aromatic rings. The molecule has 0 radical (unpaired) electrons. The van der Waals surface area contributed by atoms with Gasteiger partial charge in [0.25, 0.3) is 5.91 Å². The van der Waals surface area contributed by atoms with E-state index in [4.69, 9.17) is 0 Å².